The lowest BCUT2D eigenvalue weighted by Crippen LogP contribution is -2.45. The minimum Gasteiger partial charge on any atom is -0.399 e. The molecular weight excluding hydrogens is 264 g/mol. The molecule has 2 rings (SSSR count). The molecule has 3 N–H and O–H groups in total. The minimum atomic E-state index is -3.25. The van der Waals surface area contributed by atoms with Crippen molar-refractivity contribution in [3.63, 3.8) is 0 Å². The maximum Gasteiger partial charge on any atom is 0.209 e. The molecule has 1 aromatic heterocycles. The van der Waals surface area contributed by atoms with Gasteiger partial charge in [0.2, 0.25) is 10.0 Å². The topological polar surface area (TPSA) is 90.0 Å². The van der Waals surface area contributed by atoms with E-state index in [2.05, 4.69) is 9.71 Å². The smallest absolute Gasteiger partial charge is 0.209 e. The van der Waals surface area contributed by atoms with Crippen LogP contribution in [0.1, 0.15) is 13.8 Å². The summed E-state index contributed by atoms with van der Waals surface area (Å²) < 4.78 is 27.2. The number of fused-ring (bicyclic) bond motifs is 1. The minimum absolute atomic E-state index is 0.487. The van der Waals surface area contributed by atoms with Gasteiger partial charge in [-0.15, -0.1) is 0 Å². The lowest BCUT2D eigenvalue weighted by atomic mass is 10.1. The number of anilines is 1. The third kappa shape index (κ3) is 3.45. The Balaban J connectivity index is 2.31. The molecule has 1 aromatic carbocycles. The van der Waals surface area contributed by atoms with Crippen molar-refractivity contribution in [2.24, 2.45) is 0 Å². The van der Waals surface area contributed by atoms with E-state index in [4.69, 9.17) is 5.73 Å². The van der Waals surface area contributed by atoms with Crippen LogP contribution in [0.25, 0.3) is 11.0 Å². The van der Waals surface area contributed by atoms with Crippen LogP contribution in [0, 0.1) is 0 Å². The van der Waals surface area contributed by atoms with Crippen molar-refractivity contribution in [1.82, 2.24) is 14.3 Å². The first-order valence-electron chi connectivity index (χ1n) is 5.86. The first kappa shape index (κ1) is 13.8. The number of imidazole rings is 1. The number of nitrogens with two attached hydrogens (primary N) is 1. The molecule has 0 fully saturated rings. The van der Waals surface area contributed by atoms with Crippen LogP contribution in [0.15, 0.2) is 24.5 Å². The molecule has 0 amide bonds. The lowest BCUT2D eigenvalue weighted by molar-refractivity contribution is 0.396. The molecule has 6 nitrogen and oxygen atoms in total. The van der Waals surface area contributed by atoms with Crippen LogP contribution in [0.4, 0.5) is 5.69 Å². The van der Waals surface area contributed by atoms with Gasteiger partial charge in [0.25, 0.3) is 0 Å². The van der Waals surface area contributed by atoms with Crippen molar-refractivity contribution in [2.75, 3.05) is 12.0 Å². The van der Waals surface area contributed by atoms with Crippen molar-refractivity contribution in [3.8, 4) is 0 Å². The molecule has 104 valence electrons. The maximum atomic E-state index is 11.3. The first-order valence-corrected chi connectivity index (χ1v) is 7.75. The van der Waals surface area contributed by atoms with Crippen LogP contribution in [0.2, 0.25) is 0 Å². The molecule has 0 unspecified atom stereocenters. The Bertz CT molecular complexity index is 704. The average Bonchev–Trinajstić information content (AvgIpc) is 2.56. The number of benzene rings is 1. The number of nitrogens with one attached hydrogen (secondary N) is 1. The van der Waals surface area contributed by atoms with E-state index >= 15 is 0 Å². The summed E-state index contributed by atoms with van der Waals surface area (Å²) >= 11 is 0. The van der Waals surface area contributed by atoms with Crippen molar-refractivity contribution < 1.29 is 8.42 Å². The maximum absolute atomic E-state index is 11.3. The summed E-state index contributed by atoms with van der Waals surface area (Å²) in [6, 6.07) is 5.48. The zero-order valence-electron chi connectivity index (χ0n) is 11.2. The van der Waals surface area contributed by atoms with E-state index in [1.165, 1.54) is 0 Å². The molecule has 0 spiro atoms. The molecule has 0 atom stereocenters. The van der Waals surface area contributed by atoms with Gasteiger partial charge < -0.3 is 10.3 Å². The Kier molecular flexibility index (Phi) is 3.27. The molecule has 0 saturated carbocycles. The fraction of sp³-hybridized carbons (Fsp3) is 0.417. The predicted octanol–water partition coefficient (Wildman–Crippen LogP) is 0.946. The highest BCUT2D eigenvalue weighted by atomic mass is 32.2. The van der Waals surface area contributed by atoms with Gasteiger partial charge in [-0.05, 0) is 32.0 Å². The fourth-order valence-electron chi connectivity index (χ4n) is 2.17. The van der Waals surface area contributed by atoms with Gasteiger partial charge in [-0.2, -0.15) is 0 Å². The van der Waals surface area contributed by atoms with Crippen molar-refractivity contribution in [1.29, 1.82) is 0 Å². The van der Waals surface area contributed by atoms with Crippen molar-refractivity contribution in [3.05, 3.63) is 24.5 Å². The number of hydrogen-bond donors (Lipinski definition) is 2. The molecule has 7 heteroatoms. The van der Waals surface area contributed by atoms with Crippen molar-refractivity contribution >= 4 is 26.7 Å². The number of nitrogens with zero attached hydrogens (tertiary/aromatic N) is 2. The molecule has 19 heavy (non-hydrogen) atoms. The second-order valence-corrected chi connectivity index (χ2v) is 7.13. The van der Waals surface area contributed by atoms with E-state index in [9.17, 15) is 8.42 Å². The monoisotopic (exact) mass is 282 g/mol. The van der Waals surface area contributed by atoms with E-state index in [-0.39, 0.29) is 0 Å². The molecule has 0 saturated heterocycles. The highest BCUT2D eigenvalue weighted by molar-refractivity contribution is 7.88. The van der Waals surface area contributed by atoms with Crippen LogP contribution in [-0.4, -0.2) is 29.8 Å². The summed E-state index contributed by atoms with van der Waals surface area (Å²) in [7, 11) is -3.25. The van der Waals surface area contributed by atoms with Gasteiger partial charge in [-0.1, -0.05) is 0 Å². The Hall–Kier alpha value is -1.60. The summed E-state index contributed by atoms with van der Waals surface area (Å²) in [6.07, 6.45) is 2.84. The summed E-state index contributed by atoms with van der Waals surface area (Å²) in [6.45, 7) is 4.15. The number of sulfonamides is 1. The molecule has 0 bridgehead atoms. The second-order valence-electron chi connectivity index (χ2n) is 5.38. The van der Waals surface area contributed by atoms with Crippen LogP contribution in [0.5, 0.6) is 0 Å². The number of hydrogen-bond acceptors (Lipinski definition) is 4. The molecule has 0 aliphatic carbocycles. The Labute approximate surface area is 112 Å². The molecule has 0 radical (unpaired) electrons. The fourth-order valence-corrected chi connectivity index (χ4v) is 3.24. The van der Waals surface area contributed by atoms with Crippen LogP contribution < -0.4 is 10.5 Å². The van der Waals surface area contributed by atoms with Gasteiger partial charge in [-0.3, -0.25) is 0 Å². The first-order chi connectivity index (χ1) is 8.66. The van der Waals surface area contributed by atoms with Crippen LogP contribution in [-0.2, 0) is 16.6 Å². The SMILES string of the molecule is CC(C)(Cn1cnc2cc(N)ccc21)NS(C)(=O)=O. The summed E-state index contributed by atoms with van der Waals surface area (Å²) in [4.78, 5) is 4.27. The van der Waals surface area contributed by atoms with Gasteiger partial charge in [-0.25, -0.2) is 18.1 Å². The summed E-state index contributed by atoms with van der Waals surface area (Å²) in [5.74, 6) is 0. The van der Waals surface area contributed by atoms with Gasteiger partial charge in [0.05, 0.1) is 23.6 Å². The van der Waals surface area contributed by atoms with Gasteiger partial charge in [0.15, 0.2) is 0 Å². The van der Waals surface area contributed by atoms with Gasteiger partial charge in [0, 0.05) is 17.8 Å². The third-order valence-corrected chi connectivity index (χ3v) is 3.60. The Morgan fingerprint density at radius 2 is 2.11 bits per heavy atom. The number of nitrogen functional groups attached to an aromatic ring is 1. The highest BCUT2D eigenvalue weighted by Gasteiger charge is 2.23. The second kappa shape index (κ2) is 4.50. The number of rotatable bonds is 4. The zero-order chi connectivity index (χ0) is 14.3. The molecule has 1 heterocycles. The lowest BCUT2D eigenvalue weighted by Gasteiger charge is -2.25. The third-order valence-electron chi connectivity index (χ3n) is 2.67. The molecule has 0 aliphatic heterocycles. The van der Waals surface area contributed by atoms with E-state index in [1.54, 1.807) is 18.5 Å². The van der Waals surface area contributed by atoms with Gasteiger partial charge in [0.1, 0.15) is 0 Å². The highest BCUT2D eigenvalue weighted by Crippen LogP contribution is 2.18. The Morgan fingerprint density at radius 3 is 2.74 bits per heavy atom. The summed E-state index contributed by atoms with van der Waals surface area (Å²) in [5, 5.41) is 0. The summed E-state index contributed by atoms with van der Waals surface area (Å²) in [5.41, 5.74) is 7.50. The largest absolute Gasteiger partial charge is 0.399 e. The predicted molar refractivity (Wildman–Crippen MR) is 76.2 cm³/mol. The van der Waals surface area contributed by atoms with Crippen LogP contribution in [0.3, 0.4) is 0 Å². The standard InChI is InChI=1S/C12H18N4O2S/c1-12(2,15-19(3,17)18)7-16-8-14-10-6-9(13)4-5-11(10)16/h4-6,8,15H,7,13H2,1-3H3. The van der Waals surface area contributed by atoms with E-state index in [1.807, 2.05) is 24.5 Å². The Morgan fingerprint density at radius 1 is 1.42 bits per heavy atom. The van der Waals surface area contributed by atoms with E-state index in [0.29, 0.717) is 12.2 Å². The number of aromatic nitrogens is 2. The average molecular weight is 282 g/mol. The molecule has 2 aromatic rings. The molecule has 0 aliphatic rings. The van der Waals surface area contributed by atoms with Gasteiger partial charge >= 0.3 is 0 Å². The van der Waals surface area contributed by atoms with E-state index < -0.39 is 15.6 Å². The zero-order valence-corrected chi connectivity index (χ0v) is 12.0. The normalized spacial score (nSPS) is 13.0. The quantitative estimate of drug-likeness (QED) is 0.817. The van der Waals surface area contributed by atoms with E-state index in [0.717, 1.165) is 17.3 Å². The molecular formula is C12H18N4O2S. The van der Waals surface area contributed by atoms with Crippen molar-refractivity contribution in [2.45, 2.75) is 25.9 Å². The van der Waals surface area contributed by atoms with Crippen LogP contribution >= 0.6 is 0 Å².